The van der Waals surface area contributed by atoms with Gasteiger partial charge in [-0.05, 0) is 50.3 Å². The highest BCUT2D eigenvalue weighted by Gasteiger charge is 2.23. The van der Waals surface area contributed by atoms with Gasteiger partial charge in [-0.3, -0.25) is 0 Å². The molecule has 1 N–H and O–H groups in total. The summed E-state index contributed by atoms with van der Waals surface area (Å²) in [4.78, 5) is 11.1. The molecule has 1 aliphatic rings. The maximum atomic E-state index is 12.6. The highest BCUT2D eigenvalue weighted by molar-refractivity contribution is 7.89. The van der Waals surface area contributed by atoms with Crippen LogP contribution in [0.1, 0.15) is 24.0 Å². The van der Waals surface area contributed by atoms with Gasteiger partial charge in [-0.1, -0.05) is 17.7 Å². The summed E-state index contributed by atoms with van der Waals surface area (Å²) >= 11 is 0. The van der Waals surface area contributed by atoms with Crippen LogP contribution in [0.2, 0.25) is 0 Å². The molecule has 0 atom stereocenters. The molecule has 7 heteroatoms. The van der Waals surface area contributed by atoms with Crippen LogP contribution >= 0.6 is 0 Å². The second-order valence-electron chi connectivity index (χ2n) is 6.60. The van der Waals surface area contributed by atoms with Crippen molar-refractivity contribution in [2.45, 2.75) is 31.6 Å². The summed E-state index contributed by atoms with van der Waals surface area (Å²) in [5.74, 6) is 1.08. The zero-order valence-corrected chi connectivity index (χ0v) is 15.5. The normalized spacial score (nSPS) is 16.2. The van der Waals surface area contributed by atoms with Crippen molar-refractivity contribution in [1.29, 1.82) is 0 Å². The zero-order valence-electron chi connectivity index (χ0n) is 14.6. The lowest BCUT2D eigenvalue weighted by Gasteiger charge is -2.31. The molecule has 0 amide bonds. The van der Waals surface area contributed by atoms with Crippen molar-refractivity contribution in [2.75, 3.05) is 24.5 Å². The van der Waals surface area contributed by atoms with Gasteiger partial charge in [-0.25, -0.2) is 23.1 Å². The van der Waals surface area contributed by atoms with Crippen molar-refractivity contribution in [2.24, 2.45) is 5.92 Å². The number of hydrogen-bond acceptors (Lipinski definition) is 5. The average molecular weight is 360 g/mol. The number of aryl methyl sites for hydroxylation is 2. The number of benzene rings is 1. The van der Waals surface area contributed by atoms with Gasteiger partial charge < -0.3 is 4.90 Å². The largest absolute Gasteiger partial charge is 0.341 e. The van der Waals surface area contributed by atoms with E-state index < -0.39 is 10.0 Å². The number of aromatic nitrogens is 2. The third-order valence-corrected chi connectivity index (χ3v) is 6.22. The minimum absolute atomic E-state index is 0.334. The predicted molar refractivity (Wildman–Crippen MR) is 98.1 cm³/mol. The zero-order chi connectivity index (χ0) is 17.9. The predicted octanol–water partition coefficient (Wildman–Crippen LogP) is 2.29. The van der Waals surface area contributed by atoms with Gasteiger partial charge >= 0.3 is 0 Å². The molecule has 0 unspecified atom stereocenters. The molecule has 134 valence electrons. The van der Waals surface area contributed by atoms with Gasteiger partial charge in [0.25, 0.3) is 0 Å². The molecule has 1 saturated heterocycles. The van der Waals surface area contributed by atoms with Crippen molar-refractivity contribution < 1.29 is 8.42 Å². The summed E-state index contributed by atoms with van der Waals surface area (Å²) in [7, 11) is -3.46. The fourth-order valence-corrected chi connectivity index (χ4v) is 4.54. The molecule has 0 spiro atoms. The smallest absolute Gasteiger partial charge is 0.240 e. The Bertz CT molecular complexity index is 816. The van der Waals surface area contributed by atoms with Crippen LogP contribution in [0.3, 0.4) is 0 Å². The fraction of sp³-hybridized carbons (Fsp3) is 0.444. The summed E-state index contributed by atoms with van der Waals surface area (Å²) < 4.78 is 27.9. The maximum Gasteiger partial charge on any atom is 0.240 e. The molecule has 0 aliphatic carbocycles. The van der Waals surface area contributed by atoms with E-state index in [4.69, 9.17) is 0 Å². The van der Waals surface area contributed by atoms with Gasteiger partial charge in [0.1, 0.15) is 0 Å². The van der Waals surface area contributed by atoms with Crippen LogP contribution in [0, 0.1) is 19.8 Å². The Morgan fingerprint density at radius 3 is 2.48 bits per heavy atom. The molecule has 25 heavy (non-hydrogen) atoms. The van der Waals surface area contributed by atoms with Crippen LogP contribution < -0.4 is 9.62 Å². The first-order valence-electron chi connectivity index (χ1n) is 8.54. The van der Waals surface area contributed by atoms with Crippen LogP contribution in [0.5, 0.6) is 0 Å². The minimum atomic E-state index is -3.46. The molecule has 0 saturated carbocycles. The van der Waals surface area contributed by atoms with Crippen LogP contribution in [-0.2, 0) is 10.0 Å². The summed E-state index contributed by atoms with van der Waals surface area (Å²) in [6, 6.07) is 7.22. The Labute approximate surface area is 149 Å². The molecular weight excluding hydrogens is 336 g/mol. The Hall–Kier alpha value is -1.99. The lowest BCUT2D eigenvalue weighted by molar-refractivity contribution is 0.399. The average Bonchev–Trinajstić information content (AvgIpc) is 2.61. The molecule has 1 fully saturated rings. The highest BCUT2D eigenvalue weighted by Crippen LogP contribution is 2.21. The lowest BCUT2D eigenvalue weighted by atomic mass is 9.97. The Morgan fingerprint density at radius 2 is 1.84 bits per heavy atom. The van der Waals surface area contributed by atoms with Crippen molar-refractivity contribution in [3.05, 3.63) is 47.8 Å². The van der Waals surface area contributed by atoms with E-state index in [0.29, 0.717) is 17.4 Å². The third-order valence-electron chi connectivity index (χ3n) is 4.63. The number of sulfonamides is 1. The second-order valence-corrected chi connectivity index (χ2v) is 8.34. The quantitative estimate of drug-likeness (QED) is 0.885. The van der Waals surface area contributed by atoms with E-state index >= 15 is 0 Å². The standard InChI is InChI=1S/C18H24N4O2S/c1-14-4-5-17(15(2)12-14)25(23,24)21-13-16-6-10-22(11-7-16)18-19-8-3-9-20-18/h3-5,8-9,12,16,21H,6-7,10-11,13H2,1-2H3. The Morgan fingerprint density at radius 1 is 1.16 bits per heavy atom. The highest BCUT2D eigenvalue weighted by atomic mass is 32.2. The molecular formula is C18H24N4O2S. The van der Waals surface area contributed by atoms with Gasteiger partial charge in [0.2, 0.25) is 16.0 Å². The first-order chi connectivity index (χ1) is 12.0. The van der Waals surface area contributed by atoms with Crippen molar-refractivity contribution in [3.63, 3.8) is 0 Å². The van der Waals surface area contributed by atoms with Crippen molar-refractivity contribution >= 4 is 16.0 Å². The van der Waals surface area contributed by atoms with Gasteiger partial charge in [0.15, 0.2) is 0 Å². The molecule has 3 rings (SSSR count). The molecule has 2 aromatic rings. The summed E-state index contributed by atoms with van der Waals surface area (Å²) in [6.45, 7) is 5.96. The second kappa shape index (κ2) is 7.49. The van der Waals surface area contributed by atoms with Crippen LogP contribution in [-0.4, -0.2) is 38.0 Å². The molecule has 0 radical (unpaired) electrons. The number of piperidine rings is 1. The van der Waals surface area contributed by atoms with E-state index in [1.54, 1.807) is 24.5 Å². The van der Waals surface area contributed by atoms with E-state index in [9.17, 15) is 8.42 Å². The van der Waals surface area contributed by atoms with E-state index in [-0.39, 0.29) is 0 Å². The number of hydrogen-bond donors (Lipinski definition) is 1. The molecule has 1 aromatic heterocycles. The van der Waals surface area contributed by atoms with Crippen LogP contribution in [0.15, 0.2) is 41.6 Å². The van der Waals surface area contributed by atoms with Gasteiger partial charge in [0.05, 0.1) is 4.90 Å². The first kappa shape index (κ1) is 17.8. The van der Waals surface area contributed by atoms with Gasteiger partial charge in [-0.2, -0.15) is 0 Å². The number of anilines is 1. The fourth-order valence-electron chi connectivity index (χ4n) is 3.20. The van der Waals surface area contributed by atoms with Gasteiger partial charge in [-0.15, -0.1) is 0 Å². The third kappa shape index (κ3) is 4.35. The van der Waals surface area contributed by atoms with Crippen LogP contribution in [0.25, 0.3) is 0 Å². The minimum Gasteiger partial charge on any atom is -0.341 e. The van der Waals surface area contributed by atoms with Crippen molar-refractivity contribution in [3.8, 4) is 0 Å². The molecule has 6 nitrogen and oxygen atoms in total. The number of nitrogens with zero attached hydrogens (tertiary/aromatic N) is 3. The molecule has 1 aliphatic heterocycles. The van der Waals surface area contributed by atoms with Gasteiger partial charge in [0, 0.05) is 32.0 Å². The number of rotatable bonds is 5. The Balaban J connectivity index is 1.56. The van der Waals surface area contributed by atoms with E-state index in [1.165, 1.54) is 0 Å². The molecule has 0 bridgehead atoms. The van der Waals surface area contributed by atoms with E-state index in [1.807, 2.05) is 26.0 Å². The SMILES string of the molecule is Cc1ccc(S(=O)(=O)NCC2CCN(c3ncccn3)CC2)c(C)c1. The molecule has 1 aromatic carbocycles. The number of nitrogens with one attached hydrogen (secondary N) is 1. The monoisotopic (exact) mass is 360 g/mol. The lowest BCUT2D eigenvalue weighted by Crippen LogP contribution is -2.39. The topological polar surface area (TPSA) is 75.2 Å². The van der Waals surface area contributed by atoms with Crippen molar-refractivity contribution in [1.82, 2.24) is 14.7 Å². The first-order valence-corrected chi connectivity index (χ1v) is 10.0. The van der Waals surface area contributed by atoms with E-state index in [0.717, 1.165) is 43.0 Å². The van der Waals surface area contributed by atoms with Crippen LogP contribution in [0.4, 0.5) is 5.95 Å². The molecule has 2 heterocycles. The summed E-state index contributed by atoms with van der Waals surface area (Å²) in [6.07, 6.45) is 5.33. The summed E-state index contributed by atoms with van der Waals surface area (Å²) in [5, 5.41) is 0. The summed E-state index contributed by atoms with van der Waals surface area (Å²) in [5.41, 5.74) is 1.84. The van der Waals surface area contributed by atoms with E-state index in [2.05, 4.69) is 19.6 Å². The Kier molecular flexibility index (Phi) is 5.34. The maximum absolute atomic E-state index is 12.6.